The summed E-state index contributed by atoms with van der Waals surface area (Å²) in [6.07, 6.45) is -5.35. The molecule has 0 bridgehead atoms. The Morgan fingerprint density at radius 1 is 0.606 bits per heavy atom. The standard InChI is InChI=1S/C22H42O11/c1-2-3-4-5-6-7-8-9-10-30-21-19(29)17(27)20(14(12-24)32-21)33-22-18(28)16(26)15(25)13(11-23)31-22/h13-29H,2-12H2,1H3/t13?,14?,15-,16?,17?,18?,19?,20-,21-,22-/m1/s1. The first kappa shape index (κ1) is 28.8. The van der Waals surface area contributed by atoms with Gasteiger partial charge in [0.1, 0.15) is 48.8 Å². The van der Waals surface area contributed by atoms with E-state index in [4.69, 9.17) is 18.9 Å². The highest BCUT2D eigenvalue weighted by Crippen LogP contribution is 2.29. The summed E-state index contributed by atoms with van der Waals surface area (Å²) in [5, 5.41) is 69.9. The number of aliphatic hydroxyl groups is 7. The summed E-state index contributed by atoms with van der Waals surface area (Å²) in [6.45, 7) is 1.28. The van der Waals surface area contributed by atoms with E-state index in [1.165, 1.54) is 32.1 Å². The Balaban J connectivity index is 1.82. The molecule has 7 N–H and O–H groups in total. The third-order valence-corrected chi connectivity index (χ3v) is 6.24. The van der Waals surface area contributed by atoms with Crippen LogP contribution in [0.2, 0.25) is 0 Å². The van der Waals surface area contributed by atoms with Gasteiger partial charge in [-0.2, -0.15) is 0 Å². The first-order valence-corrected chi connectivity index (χ1v) is 12.1. The van der Waals surface area contributed by atoms with Gasteiger partial charge in [0, 0.05) is 6.61 Å². The smallest absolute Gasteiger partial charge is 0.187 e. The topological polar surface area (TPSA) is 179 Å². The lowest BCUT2D eigenvalue weighted by molar-refractivity contribution is -0.359. The van der Waals surface area contributed by atoms with E-state index in [1.807, 2.05) is 0 Å². The Kier molecular flexibility index (Phi) is 13.0. The second kappa shape index (κ2) is 14.8. The van der Waals surface area contributed by atoms with Crippen LogP contribution in [0.15, 0.2) is 0 Å². The van der Waals surface area contributed by atoms with Crippen molar-refractivity contribution in [2.24, 2.45) is 0 Å². The maximum Gasteiger partial charge on any atom is 0.187 e. The number of aliphatic hydroxyl groups excluding tert-OH is 7. The molecule has 2 aliphatic rings. The predicted octanol–water partition coefficient (Wildman–Crippen LogP) is -1.23. The molecule has 2 saturated heterocycles. The van der Waals surface area contributed by atoms with Gasteiger partial charge in [0.2, 0.25) is 0 Å². The van der Waals surface area contributed by atoms with Gasteiger partial charge in [-0.1, -0.05) is 51.9 Å². The number of unbranched alkanes of at least 4 members (excludes halogenated alkanes) is 7. The molecule has 0 aromatic rings. The molecule has 2 fully saturated rings. The Hall–Kier alpha value is -0.440. The van der Waals surface area contributed by atoms with Gasteiger partial charge < -0.3 is 54.7 Å². The minimum Gasteiger partial charge on any atom is -0.394 e. The molecule has 2 rings (SSSR count). The van der Waals surface area contributed by atoms with Crippen LogP contribution in [0.4, 0.5) is 0 Å². The van der Waals surface area contributed by atoms with Crippen molar-refractivity contribution in [3.63, 3.8) is 0 Å². The van der Waals surface area contributed by atoms with Crippen molar-refractivity contribution < 1.29 is 54.7 Å². The van der Waals surface area contributed by atoms with Crippen molar-refractivity contribution in [2.45, 2.75) is 120 Å². The van der Waals surface area contributed by atoms with Crippen LogP contribution < -0.4 is 0 Å². The second-order valence-electron chi connectivity index (χ2n) is 8.85. The SMILES string of the molecule is CCCCCCCCCCO[C@@H]1OC(CO)[C@@H](O[C@H]2OC(CO)[C@@H](O)C(O)C2O)C(O)C1O. The molecule has 0 amide bonds. The molecular weight excluding hydrogens is 440 g/mol. The summed E-state index contributed by atoms with van der Waals surface area (Å²) in [7, 11) is 0. The van der Waals surface area contributed by atoms with E-state index >= 15 is 0 Å². The lowest BCUT2D eigenvalue weighted by Crippen LogP contribution is -2.64. The summed E-state index contributed by atoms with van der Waals surface area (Å²) >= 11 is 0. The fourth-order valence-corrected chi connectivity index (χ4v) is 4.13. The van der Waals surface area contributed by atoms with Crippen LogP contribution in [-0.2, 0) is 18.9 Å². The average Bonchev–Trinajstić information content (AvgIpc) is 2.82. The molecule has 6 unspecified atom stereocenters. The van der Waals surface area contributed by atoms with Crippen molar-refractivity contribution >= 4 is 0 Å². The minimum absolute atomic E-state index is 0.319. The first-order valence-electron chi connectivity index (χ1n) is 12.1. The normalized spacial score (nSPS) is 39.6. The molecule has 0 saturated carbocycles. The van der Waals surface area contributed by atoms with Crippen molar-refractivity contribution in [3.05, 3.63) is 0 Å². The summed E-state index contributed by atoms with van der Waals surface area (Å²) in [6, 6.07) is 0. The van der Waals surface area contributed by atoms with Crippen LogP contribution in [0, 0.1) is 0 Å². The minimum atomic E-state index is -1.69. The van der Waals surface area contributed by atoms with Gasteiger partial charge in [-0.05, 0) is 6.42 Å². The molecule has 2 aliphatic heterocycles. The van der Waals surface area contributed by atoms with Gasteiger partial charge in [-0.15, -0.1) is 0 Å². The van der Waals surface area contributed by atoms with E-state index in [2.05, 4.69) is 6.92 Å². The highest BCUT2D eigenvalue weighted by atomic mass is 16.7. The maximum atomic E-state index is 10.6. The average molecular weight is 483 g/mol. The quantitative estimate of drug-likeness (QED) is 0.147. The lowest BCUT2D eigenvalue weighted by atomic mass is 9.97. The van der Waals surface area contributed by atoms with E-state index < -0.39 is 74.6 Å². The van der Waals surface area contributed by atoms with E-state index in [0.29, 0.717) is 6.61 Å². The van der Waals surface area contributed by atoms with E-state index in [0.717, 1.165) is 19.3 Å². The van der Waals surface area contributed by atoms with E-state index in [1.54, 1.807) is 0 Å². The number of rotatable bonds is 14. The first-order chi connectivity index (χ1) is 15.8. The van der Waals surface area contributed by atoms with E-state index in [-0.39, 0.29) is 0 Å². The second-order valence-corrected chi connectivity index (χ2v) is 8.85. The van der Waals surface area contributed by atoms with Crippen LogP contribution in [0.5, 0.6) is 0 Å². The Morgan fingerprint density at radius 3 is 1.76 bits per heavy atom. The molecule has 0 aromatic carbocycles. The highest BCUT2D eigenvalue weighted by Gasteiger charge is 2.50. The van der Waals surface area contributed by atoms with Crippen LogP contribution in [0.1, 0.15) is 58.3 Å². The maximum absolute atomic E-state index is 10.6. The number of hydrogen-bond donors (Lipinski definition) is 7. The third kappa shape index (κ3) is 8.04. The van der Waals surface area contributed by atoms with Gasteiger partial charge in [0.05, 0.1) is 13.2 Å². The monoisotopic (exact) mass is 482 g/mol. The largest absolute Gasteiger partial charge is 0.394 e. The fraction of sp³-hybridized carbons (Fsp3) is 1.00. The van der Waals surface area contributed by atoms with Crippen molar-refractivity contribution in [3.8, 4) is 0 Å². The Morgan fingerprint density at radius 2 is 1.15 bits per heavy atom. The molecular formula is C22H42O11. The lowest BCUT2D eigenvalue weighted by Gasteiger charge is -2.45. The molecule has 0 radical (unpaired) electrons. The van der Waals surface area contributed by atoms with Crippen LogP contribution in [0.3, 0.4) is 0 Å². The fourth-order valence-electron chi connectivity index (χ4n) is 4.13. The van der Waals surface area contributed by atoms with Crippen LogP contribution in [0.25, 0.3) is 0 Å². The van der Waals surface area contributed by atoms with Gasteiger partial charge in [-0.3, -0.25) is 0 Å². The summed E-state index contributed by atoms with van der Waals surface area (Å²) in [5.74, 6) is 0. The van der Waals surface area contributed by atoms with Gasteiger partial charge in [0.25, 0.3) is 0 Å². The molecule has 33 heavy (non-hydrogen) atoms. The number of hydrogen-bond acceptors (Lipinski definition) is 11. The zero-order chi connectivity index (χ0) is 24.4. The molecule has 11 nitrogen and oxygen atoms in total. The Labute approximate surface area is 194 Å². The van der Waals surface area contributed by atoms with E-state index in [9.17, 15) is 35.7 Å². The van der Waals surface area contributed by atoms with Crippen molar-refractivity contribution in [1.29, 1.82) is 0 Å². The van der Waals surface area contributed by atoms with Crippen LogP contribution >= 0.6 is 0 Å². The molecule has 0 aromatic heterocycles. The van der Waals surface area contributed by atoms with Crippen LogP contribution in [-0.4, -0.2) is 117 Å². The molecule has 0 spiro atoms. The number of ether oxygens (including phenoxy) is 4. The third-order valence-electron chi connectivity index (χ3n) is 6.24. The highest BCUT2D eigenvalue weighted by molar-refractivity contribution is 4.94. The summed E-state index contributed by atoms with van der Waals surface area (Å²) in [5.41, 5.74) is 0. The summed E-state index contributed by atoms with van der Waals surface area (Å²) in [4.78, 5) is 0. The van der Waals surface area contributed by atoms with Crippen molar-refractivity contribution in [1.82, 2.24) is 0 Å². The van der Waals surface area contributed by atoms with Gasteiger partial charge in [-0.25, -0.2) is 0 Å². The zero-order valence-corrected chi connectivity index (χ0v) is 19.3. The predicted molar refractivity (Wildman–Crippen MR) is 115 cm³/mol. The Bertz CT molecular complexity index is 521. The van der Waals surface area contributed by atoms with Gasteiger partial charge in [0.15, 0.2) is 12.6 Å². The van der Waals surface area contributed by atoms with Gasteiger partial charge >= 0.3 is 0 Å². The molecule has 11 heteroatoms. The molecule has 0 aliphatic carbocycles. The molecule has 196 valence electrons. The molecule has 2 heterocycles. The molecule has 10 atom stereocenters. The zero-order valence-electron chi connectivity index (χ0n) is 19.3. The summed E-state index contributed by atoms with van der Waals surface area (Å²) < 4.78 is 22.0. The van der Waals surface area contributed by atoms with Crippen molar-refractivity contribution in [2.75, 3.05) is 19.8 Å².